The van der Waals surface area contributed by atoms with E-state index in [4.69, 9.17) is 0 Å². The highest BCUT2D eigenvalue weighted by Gasteiger charge is 2.06. The van der Waals surface area contributed by atoms with Crippen molar-refractivity contribution in [2.24, 2.45) is 0 Å². The summed E-state index contributed by atoms with van der Waals surface area (Å²) in [5, 5.41) is 7.11. The van der Waals surface area contributed by atoms with Gasteiger partial charge >= 0.3 is 0 Å². The fraction of sp³-hybridized carbons (Fsp3) is 0.400. The molecule has 0 spiro atoms. The molecule has 2 aromatic carbocycles. The second-order valence-corrected chi connectivity index (χ2v) is 7.93. The van der Waals surface area contributed by atoms with Gasteiger partial charge in [0.2, 0.25) is 0 Å². The molecule has 4 heteroatoms. The van der Waals surface area contributed by atoms with E-state index in [1.54, 1.807) is 0 Å². The Morgan fingerprint density at radius 1 is 0.667 bits per heavy atom. The zero-order valence-electron chi connectivity index (χ0n) is 14.7. The number of unbranched alkanes of at least 4 members (excludes halogenated alkanes) is 2. The standard InChI is InChI=1S/C20H28N2S2/c1-3-5-15-21-17-11-7-9-13-19(17)23-24-20-14-10-8-12-18(20)22-16-6-4-2/h7-14,21-22H,3-6,15-16H2,1-2H3. The van der Waals surface area contributed by atoms with Crippen molar-refractivity contribution in [2.75, 3.05) is 23.7 Å². The van der Waals surface area contributed by atoms with Crippen LogP contribution in [0, 0.1) is 0 Å². The first kappa shape index (κ1) is 19.1. The average Bonchev–Trinajstić information content (AvgIpc) is 2.62. The third-order valence-corrected chi connectivity index (χ3v) is 6.17. The van der Waals surface area contributed by atoms with Gasteiger partial charge in [0.25, 0.3) is 0 Å². The van der Waals surface area contributed by atoms with E-state index >= 15 is 0 Å². The first-order valence-electron chi connectivity index (χ1n) is 8.85. The lowest BCUT2D eigenvalue weighted by atomic mass is 10.3. The van der Waals surface area contributed by atoms with Crippen LogP contribution in [0.4, 0.5) is 11.4 Å². The van der Waals surface area contributed by atoms with Crippen molar-refractivity contribution in [3.05, 3.63) is 48.5 Å². The SMILES string of the molecule is CCCCNc1ccccc1SSc1ccccc1NCCCC. The number of para-hydroxylation sites is 2. The summed E-state index contributed by atoms with van der Waals surface area (Å²) in [6.45, 7) is 6.52. The molecule has 0 aliphatic carbocycles. The molecule has 0 saturated carbocycles. The fourth-order valence-electron chi connectivity index (χ4n) is 2.26. The predicted octanol–water partition coefficient (Wildman–Crippen LogP) is 6.91. The maximum Gasteiger partial charge on any atom is 0.0487 e. The molecule has 130 valence electrons. The van der Waals surface area contributed by atoms with Gasteiger partial charge in [-0.2, -0.15) is 0 Å². The molecule has 0 saturated heterocycles. The Morgan fingerprint density at radius 2 is 1.08 bits per heavy atom. The van der Waals surface area contributed by atoms with Gasteiger partial charge in [-0.25, -0.2) is 0 Å². The molecule has 0 unspecified atom stereocenters. The largest absolute Gasteiger partial charge is 0.384 e. The van der Waals surface area contributed by atoms with Gasteiger partial charge in [0.15, 0.2) is 0 Å². The molecular weight excluding hydrogens is 332 g/mol. The Labute approximate surface area is 154 Å². The molecule has 0 atom stereocenters. The van der Waals surface area contributed by atoms with Crippen LogP contribution in [0.25, 0.3) is 0 Å². The molecule has 0 heterocycles. The molecule has 2 N–H and O–H groups in total. The van der Waals surface area contributed by atoms with Crippen LogP contribution in [0.15, 0.2) is 58.3 Å². The summed E-state index contributed by atoms with van der Waals surface area (Å²) in [5.41, 5.74) is 2.47. The molecule has 2 aromatic rings. The summed E-state index contributed by atoms with van der Waals surface area (Å²) in [7, 11) is 3.65. The van der Waals surface area contributed by atoms with Gasteiger partial charge in [0, 0.05) is 34.3 Å². The summed E-state index contributed by atoms with van der Waals surface area (Å²) in [4.78, 5) is 2.59. The molecule has 2 rings (SSSR count). The highest BCUT2D eigenvalue weighted by molar-refractivity contribution is 8.76. The maximum atomic E-state index is 3.56. The van der Waals surface area contributed by atoms with Crippen LogP contribution in [0.3, 0.4) is 0 Å². The zero-order chi connectivity index (χ0) is 17.0. The smallest absolute Gasteiger partial charge is 0.0487 e. The highest BCUT2D eigenvalue weighted by Crippen LogP contribution is 2.43. The lowest BCUT2D eigenvalue weighted by molar-refractivity contribution is 0.832. The molecule has 0 radical (unpaired) electrons. The summed E-state index contributed by atoms with van der Waals surface area (Å²) in [6.07, 6.45) is 4.84. The lowest BCUT2D eigenvalue weighted by Gasteiger charge is -2.13. The van der Waals surface area contributed by atoms with Crippen molar-refractivity contribution in [3.8, 4) is 0 Å². The Bertz CT molecular complexity index is 548. The number of nitrogens with one attached hydrogen (secondary N) is 2. The molecule has 2 nitrogen and oxygen atoms in total. The van der Waals surface area contributed by atoms with E-state index in [0.29, 0.717) is 0 Å². The van der Waals surface area contributed by atoms with Crippen molar-refractivity contribution < 1.29 is 0 Å². The lowest BCUT2D eigenvalue weighted by Crippen LogP contribution is -2.02. The van der Waals surface area contributed by atoms with E-state index in [9.17, 15) is 0 Å². The Kier molecular flexibility index (Phi) is 9.00. The molecule has 0 bridgehead atoms. The van der Waals surface area contributed by atoms with Crippen LogP contribution in [0.2, 0.25) is 0 Å². The number of benzene rings is 2. The van der Waals surface area contributed by atoms with Crippen molar-refractivity contribution in [3.63, 3.8) is 0 Å². The summed E-state index contributed by atoms with van der Waals surface area (Å²) in [6, 6.07) is 17.1. The van der Waals surface area contributed by atoms with Gasteiger partial charge in [0.1, 0.15) is 0 Å². The quantitative estimate of drug-likeness (QED) is 0.336. The van der Waals surface area contributed by atoms with Gasteiger partial charge in [-0.3, -0.25) is 0 Å². The first-order valence-corrected chi connectivity index (χ1v) is 11.0. The maximum absolute atomic E-state index is 3.56. The Morgan fingerprint density at radius 3 is 1.50 bits per heavy atom. The topological polar surface area (TPSA) is 24.1 Å². The normalized spacial score (nSPS) is 10.6. The summed E-state index contributed by atoms with van der Waals surface area (Å²) < 4.78 is 0. The second-order valence-electron chi connectivity index (χ2n) is 5.72. The number of anilines is 2. The van der Waals surface area contributed by atoms with Crippen molar-refractivity contribution in [1.82, 2.24) is 0 Å². The molecule has 0 fully saturated rings. The highest BCUT2D eigenvalue weighted by atomic mass is 33.1. The fourth-order valence-corrected chi connectivity index (χ4v) is 4.58. The summed E-state index contributed by atoms with van der Waals surface area (Å²) in [5.74, 6) is 0. The van der Waals surface area contributed by atoms with Gasteiger partial charge in [-0.1, -0.05) is 72.5 Å². The second kappa shape index (κ2) is 11.3. The number of rotatable bonds is 11. The third-order valence-electron chi connectivity index (χ3n) is 3.69. The van der Waals surface area contributed by atoms with Crippen molar-refractivity contribution in [2.45, 2.75) is 49.3 Å². The third kappa shape index (κ3) is 6.33. The van der Waals surface area contributed by atoms with E-state index in [1.807, 2.05) is 21.6 Å². The van der Waals surface area contributed by atoms with E-state index < -0.39 is 0 Å². The minimum absolute atomic E-state index is 1.04. The molecule has 24 heavy (non-hydrogen) atoms. The van der Waals surface area contributed by atoms with Crippen LogP contribution >= 0.6 is 21.6 Å². The molecular formula is C20H28N2S2. The molecule has 0 aliphatic rings. The average molecular weight is 361 g/mol. The van der Waals surface area contributed by atoms with Gasteiger partial charge in [-0.05, 0) is 37.1 Å². The Balaban J connectivity index is 1.98. The first-order chi connectivity index (χ1) is 11.8. The van der Waals surface area contributed by atoms with Crippen LogP contribution in [0.1, 0.15) is 39.5 Å². The van der Waals surface area contributed by atoms with E-state index in [-0.39, 0.29) is 0 Å². The van der Waals surface area contributed by atoms with Crippen LogP contribution in [-0.2, 0) is 0 Å². The monoisotopic (exact) mass is 360 g/mol. The number of hydrogen-bond acceptors (Lipinski definition) is 4. The van der Waals surface area contributed by atoms with Crippen LogP contribution < -0.4 is 10.6 Å². The van der Waals surface area contributed by atoms with Gasteiger partial charge < -0.3 is 10.6 Å². The molecule has 0 aromatic heterocycles. The minimum Gasteiger partial charge on any atom is -0.384 e. The van der Waals surface area contributed by atoms with Crippen molar-refractivity contribution in [1.29, 1.82) is 0 Å². The minimum atomic E-state index is 1.04. The predicted molar refractivity (Wildman–Crippen MR) is 111 cm³/mol. The van der Waals surface area contributed by atoms with E-state index in [2.05, 4.69) is 73.0 Å². The Hall–Kier alpha value is -1.26. The van der Waals surface area contributed by atoms with E-state index in [1.165, 1.54) is 46.8 Å². The molecule has 0 aliphatic heterocycles. The van der Waals surface area contributed by atoms with Crippen molar-refractivity contribution >= 4 is 33.0 Å². The van der Waals surface area contributed by atoms with Gasteiger partial charge in [0.05, 0.1) is 0 Å². The summed E-state index contributed by atoms with van der Waals surface area (Å²) >= 11 is 0. The zero-order valence-corrected chi connectivity index (χ0v) is 16.3. The van der Waals surface area contributed by atoms with Crippen LogP contribution in [0.5, 0.6) is 0 Å². The van der Waals surface area contributed by atoms with E-state index in [0.717, 1.165) is 13.1 Å². The number of hydrogen-bond donors (Lipinski definition) is 2. The van der Waals surface area contributed by atoms with Crippen LogP contribution in [-0.4, -0.2) is 13.1 Å². The molecule has 0 amide bonds. The van der Waals surface area contributed by atoms with Gasteiger partial charge in [-0.15, -0.1) is 0 Å².